The Bertz CT molecular complexity index is 1970. The second-order valence-electron chi connectivity index (χ2n) is 11.2. The molecule has 0 saturated carbocycles. The molecular weight excluding hydrogens is 630 g/mol. The highest BCUT2D eigenvalue weighted by molar-refractivity contribution is 5.98. The first kappa shape index (κ1) is 33.9. The predicted molar refractivity (Wildman–Crippen MR) is 179 cm³/mol. The summed E-state index contributed by atoms with van der Waals surface area (Å²) in [6.07, 6.45) is 0.959. The van der Waals surface area contributed by atoms with Gasteiger partial charge in [0.1, 0.15) is 12.4 Å². The Morgan fingerprint density at radius 3 is 2.27 bits per heavy atom. The van der Waals surface area contributed by atoms with E-state index in [1.807, 2.05) is 18.0 Å². The van der Waals surface area contributed by atoms with Crippen LogP contribution in [0.3, 0.4) is 0 Å². The van der Waals surface area contributed by atoms with E-state index in [4.69, 9.17) is 20.9 Å². The minimum Gasteiger partial charge on any atom is -0.481 e. The fourth-order valence-electron chi connectivity index (χ4n) is 4.90. The highest BCUT2D eigenvalue weighted by atomic mass is 16.5. The summed E-state index contributed by atoms with van der Waals surface area (Å²) < 4.78 is 10.8. The van der Waals surface area contributed by atoms with Gasteiger partial charge in [-0.1, -0.05) is 30.3 Å². The molecule has 2 heterocycles. The summed E-state index contributed by atoms with van der Waals surface area (Å²) >= 11 is 0. The second-order valence-corrected chi connectivity index (χ2v) is 11.2. The lowest BCUT2D eigenvalue weighted by Crippen LogP contribution is -2.22. The van der Waals surface area contributed by atoms with Crippen LogP contribution in [0.5, 0.6) is 5.75 Å². The van der Waals surface area contributed by atoms with Crippen LogP contribution in [0.15, 0.2) is 85.1 Å². The maximum Gasteiger partial charge on any atom is 0.343 e. The fraction of sp³-hybridized carbons (Fsp3) is 0.200. The van der Waals surface area contributed by atoms with E-state index in [2.05, 4.69) is 19.9 Å². The van der Waals surface area contributed by atoms with Crippen molar-refractivity contribution in [3.8, 4) is 5.75 Å². The smallest absolute Gasteiger partial charge is 0.343 e. The van der Waals surface area contributed by atoms with Gasteiger partial charge in [-0.15, -0.1) is 0 Å². The zero-order chi connectivity index (χ0) is 34.9. The third-order valence-electron chi connectivity index (χ3n) is 7.53. The topological polar surface area (TPSA) is 214 Å². The maximum absolute atomic E-state index is 13.2. The number of anilines is 3. The zero-order valence-electron chi connectivity index (χ0n) is 26.5. The monoisotopic (exact) mass is 663 g/mol. The molecule has 0 amide bonds. The quantitative estimate of drug-likeness (QED) is 0.0861. The first-order valence-electron chi connectivity index (χ1n) is 15.2. The molecule has 1 atom stereocenters. The SMILES string of the molecule is CN(Cc1cnc2nc(N)nc(N)c2n1)c1ccc(C(=O)CC(CCC(=O)O)C(=O)OCc2ccc(C(=O)Oc3ccccc3)cc2)cc1. The number of nitrogens with two attached hydrogens (primary N) is 2. The molecule has 5 N–H and O–H groups in total. The maximum atomic E-state index is 13.2. The van der Waals surface area contributed by atoms with Crippen molar-refractivity contribution in [1.82, 2.24) is 19.9 Å². The van der Waals surface area contributed by atoms with Crippen molar-refractivity contribution in [2.24, 2.45) is 5.92 Å². The molecule has 5 aromatic rings. The van der Waals surface area contributed by atoms with Gasteiger partial charge in [0.2, 0.25) is 5.95 Å². The van der Waals surface area contributed by atoms with Crippen molar-refractivity contribution in [1.29, 1.82) is 0 Å². The number of para-hydroxylation sites is 1. The zero-order valence-corrected chi connectivity index (χ0v) is 26.5. The molecule has 0 saturated heterocycles. The van der Waals surface area contributed by atoms with Crippen molar-refractivity contribution in [2.75, 3.05) is 23.4 Å². The van der Waals surface area contributed by atoms with E-state index in [9.17, 15) is 24.3 Å². The van der Waals surface area contributed by atoms with Gasteiger partial charge in [-0.25, -0.2) is 14.8 Å². The van der Waals surface area contributed by atoms with Crippen LogP contribution in [0.25, 0.3) is 11.2 Å². The third kappa shape index (κ3) is 9.10. The number of carbonyl (C=O) groups is 4. The number of ether oxygens (including phenoxy) is 2. The Morgan fingerprint density at radius 2 is 1.57 bits per heavy atom. The van der Waals surface area contributed by atoms with Gasteiger partial charge in [0.15, 0.2) is 22.8 Å². The standard InChI is InChI=1S/C35H33N7O7/c1-42(19-25-18-38-32-30(39-25)31(36)40-35(37)41-32)26-14-11-22(12-15-26)28(43)17-24(13-16-29(44)45)33(46)48-20-21-7-9-23(10-8-21)34(47)49-27-5-3-2-4-6-27/h2-12,14-15,18,24H,13,16-17,19-20H2,1H3,(H,44,45)(H4,36,37,38,40,41). The van der Waals surface area contributed by atoms with E-state index in [0.29, 0.717) is 45.8 Å². The average Bonchev–Trinajstić information content (AvgIpc) is 3.09. The van der Waals surface area contributed by atoms with Gasteiger partial charge < -0.3 is 30.9 Å². The van der Waals surface area contributed by atoms with Gasteiger partial charge in [-0.2, -0.15) is 9.97 Å². The van der Waals surface area contributed by atoms with E-state index in [0.717, 1.165) is 5.69 Å². The Kier molecular flexibility index (Phi) is 10.7. The Balaban J connectivity index is 1.17. The summed E-state index contributed by atoms with van der Waals surface area (Å²) in [7, 11) is 1.84. The largest absolute Gasteiger partial charge is 0.481 e. The van der Waals surface area contributed by atoms with Crippen LogP contribution in [0.1, 0.15) is 51.2 Å². The molecular formula is C35H33N7O7. The van der Waals surface area contributed by atoms with E-state index in [-0.39, 0.29) is 43.4 Å². The molecule has 250 valence electrons. The number of aromatic nitrogens is 4. The number of Topliss-reactive ketones (excluding diaryl/α,β-unsaturated/α-hetero) is 1. The number of hydrogen-bond donors (Lipinski definition) is 3. The molecule has 0 spiro atoms. The molecule has 3 aromatic carbocycles. The van der Waals surface area contributed by atoms with Crippen molar-refractivity contribution in [3.05, 3.63) is 107 Å². The number of hydrogen-bond acceptors (Lipinski definition) is 13. The van der Waals surface area contributed by atoms with Gasteiger partial charge >= 0.3 is 17.9 Å². The van der Waals surface area contributed by atoms with Gasteiger partial charge in [0.25, 0.3) is 0 Å². The highest BCUT2D eigenvalue weighted by Crippen LogP contribution is 2.22. The molecule has 14 heteroatoms. The van der Waals surface area contributed by atoms with Crippen LogP contribution in [-0.2, 0) is 27.5 Å². The van der Waals surface area contributed by atoms with E-state index >= 15 is 0 Å². The molecule has 0 aliphatic rings. The fourth-order valence-corrected chi connectivity index (χ4v) is 4.90. The van der Waals surface area contributed by atoms with Crippen LogP contribution in [0.4, 0.5) is 17.5 Å². The normalized spacial score (nSPS) is 11.4. The molecule has 1 unspecified atom stereocenters. The van der Waals surface area contributed by atoms with E-state index in [1.54, 1.807) is 79.0 Å². The number of nitrogen functional groups attached to an aromatic ring is 2. The number of carboxylic acids is 1. The molecule has 5 rings (SSSR count). The highest BCUT2D eigenvalue weighted by Gasteiger charge is 2.25. The van der Waals surface area contributed by atoms with Crippen LogP contribution in [0, 0.1) is 5.92 Å². The number of aliphatic carboxylic acids is 1. The molecule has 0 bridgehead atoms. The molecule has 0 aliphatic heterocycles. The molecule has 49 heavy (non-hydrogen) atoms. The molecule has 0 aliphatic carbocycles. The lowest BCUT2D eigenvalue weighted by molar-refractivity contribution is -0.150. The first-order chi connectivity index (χ1) is 23.5. The predicted octanol–water partition coefficient (Wildman–Crippen LogP) is 4.24. The van der Waals surface area contributed by atoms with Crippen molar-refractivity contribution < 1.29 is 33.8 Å². The summed E-state index contributed by atoms with van der Waals surface area (Å²) in [4.78, 5) is 68.5. The number of nitrogens with zero attached hydrogens (tertiary/aromatic N) is 5. The molecule has 2 aromatic heterocycles. The van der Waals surface area contributed by atoms with Crippen LogP contribution >= 0.6 is 0 Å². The van der Waals surface area contributed by atoms with Gasteiger partial charge in [0, 0.05) is 31.1 Å². The minimum atomic E-state index is -1.09. The number of carboxylic acid groups (broad SMARTS) is 1. The van der Waals surface area contributed by atoms with Gasteiger partial charge in [-0.3, -0.25) is 14.4 Å². The minimum absolute atomic E-state index is 0.0101. The Morgan fingerprint density at radius 1 is 0.878 bits per heavy atom. The lowest BCUT2D eigenvalue weighted by atomic mass is 9.94. The summed E-state index contributed by atoms with van der Waals surface area (Å²) in [5.74, 6) is -3.07. The lowest BCUT2D eigenvalue weighted by Gasteiger charge is -2.19. The van der Waals surface area contributed by atoms with Crippen LogP contribution < -0.4 is 21.1 Å². The number of ketones is 1. The first-order valence-corrected chi connectivity index (χ1v) is 15.2. The Hall–Kier alpha value is -6.44. The van der Waals surface area contributed by atoms with Crippen LogP contribution in [-0.4, -0.2) is 55.8 Å². The Labute approximate surface area is 280 Å². The summed E-state index contributed by atoms with van der Waals surface area (Å²) in [6, 6.07) is 21.8. The van der Waals surface area contributed by atoms with Gasteiger partial charge in [0.05, 0.1) is 29.9 Å². The second kappa shape index (κ2) is 15.4. The van der Waals surface area contributed by atoms with Gasteiger partial charge in [-0.05, 0) is 60.5 Å². The summed E-state index contributed by atoms with van der Waals surface area (Å²) in [5, 5.41) is 9.23. The third-order valence-corrected chi connectivity index (χ3v) is 7.53. The molecule has 0 radical (unpaired) electrons. The van der Waals surface area contributed by atoms with E-state index < -0.39 is 23.8 Å². The summed E-state index contributed by atoms with van der Waals surface area (Å²) in [5.41, 5.74) is 14.8. The molecule has 0 fully saturated rings. The number of benzene rings is 3. The number of carbonyl (C=O) groups excluding carboxylic acids is 3. The van der Waals surface area contributed by atoms with Crippen molar-refractivity contribution in [3.63, 3.8) is 0 Å². The van der Waals surface area contributed by atoms with E-state index in [1.165, 1.54) is 0 Å². The number of fused-ring (bicyclic) bond motifs is 1. The number of esters is 2. The molecule has 14 nitrogen and oxygen atoms in total. The van der Waals surface area contributed by atoms with Crippen molar-refractivity contribution >= 4 is 52.3 Å². The summed E-state index contributed by atoms with van der Waals surface area (Å²) in [6.45, 7) is 0.241. The van der Waals surface area contributed by atoms with Crippen LogP contribution in [0.2, 0.25) is 0 Å². The number of rotatable bonds is 14. The average molecular weight is 664 g/mol. The van der Waals surface area contributed by atoms with Crippen molar-refractivity contribution in [2.45, 2.75) is 32.4 Å².